The van der Waals surface area contributed by atoms with Crippen LogP contribution in [0.3, 0.4) is 0 Å². The van der Waals surface area contributed by atoms with Crippen molar-refractivity contribution in [3.8, 4) is 22.6 Å². The van der Waals surface area contributed by atoms with Gasteiger partial charge in [0, 0.05) is 12.6 Å². The zero-order valence-electron chi connectivity index (χ0n) is 20.2. The van der Waals surface area contributed by atoms with Crippen molar-refractivity contribution in [3.63, 3.8) is 0 Å². The van der Waals surface area contributed by atoms with Crippen LogP contribution in [-0.4, -0.2) is 31.8 Å². The zero-order chi connectivity index (χ0) is 24.7. The molecular formula is C29H30FNO4. The van der Waals surface area contributed by atoms with E-state index in [0.717, 1.165) is 41.0 Å². The Hall–Kier alpha value is -3.54. The van der Waals surface area contributed by atoms with Crippen molar-refractivity contribution in [1.29, 1.82) is 0 Å². The average Bonchev–Trinajstić information content (AvgIpc) is 3.70. The van der Waals surface area contributed by atoms with Gasteiger partial charge in [-0.25, -0.2) is 4.39 Å². The van der Waals surface area contributed by atoms with E-state index < -0.39 is 11.9 Å². The van der Waals surface area contributed by atoms with Gasteiger partial charge in [0.1, 0.15) is 23.9 Å². The van der Waals surface area contributed by atoms with E-state index in [1.54, 1.807) is 26.2 Å². The summed E-state index contributed by atoms with van der Waals surface area (Å²) in [6.45, 7) is 2.30. The van der Waals surface area contributed by atoms with Crippen LogP contribution in [0.4, 0.5) is 10.1 Å². The number of methoxy groups -OCH3 is 1. The van der Waals surface area contributed by atoms with Crippen LogP contribution in [0.5, 0.6) is 11.5 Å². The Kier molecular flexibility index (Phi) is 6.13. The summed E-state index contributed by atoms with van der Waals surface area (Å²) >= 11 is 0. The summed E-state index contributed by atoms with van der Waals surface area (Å²) in [5.41, 5.74) is 4.36. The standard InChI is InChI=1S/C29H30FNO4/c1-17(29(32)33)28(20-8-9-20)21-10-13-27-25(14-21)31(2)26(16-35-27)19-6-4-18(5-7-19)23-15-22(34-3)11-12-24(23)30/h4-7,10-15,17,20,26,28H,8-9,16H2,1-3H3,(H,32,33)/t17-,26?,28-/m0/s1. The topological polar surface area (TPSA) is 59.0 Å². The Morgan fingerprint density at radius 3 is 2.51 bits per heavy atom. The van der Waals surface area contributed by atoms with E-state index in [1.165, 1.54) is 6.07 Å². The van der Waals surface area contributed by atoms with Crippen LogP contribution < -0.4 is 14.4 Å². The van der Waals surface area contributed by atoms with E-state index in [0.29, 0.717) is 23.8 Å². The second kappa shape index (κ2) is 9.25. The third kappa shape index (κ3) is 4.45. The molecule has 0 amide bonds. The molecule has 1 unspecified atom stereocenters. The molecule has 35 heavy (non-hydrogen) atoms. The molecule has 182 valence electrons. The highest BCUT2D eigenvalue weighted by atomic mass is 19.1. The largest absolute Gasteiger partial charge is 0.497 e. The molecule has 6 heteroatoms. The lowest BCUT2D eigenvalue weighted by molar-refractivity contribution is -0.142. The van der Waals surface area contributed by atoms with Crippen molar-refractivity contribution >= 4 is 11.7 Å². The molecule has 0 saturated heterocycles. The molecule has 1 heterocycles. The van der Waals surface area contributed by atoms with Gasteiger partial charge in [-0.05, 0) is 71.7 Å². The number of carboxylic acids is 1. The number of aliphatic carboxylic acids is 1. The maximum Gasteiger partial charge on any atom is 0.306 e. The van der Waals surface area contributed by atoms with Crippen molar-refractivity contribution in [2.24, 2.45) is 11.8 Å². The molecular weight excluding hydrogens is 445 g/mol. The van der Waals surface area contributed by atoms with Gasteiger partial charge in [-0.3, -0.25) is 4.79 Å². The quantitative estimate of drug-likeness (QED) is 0.435. The van der Waals surface area contributed by atoms with Gasteiger partial charge >= 0.3 is 5.97 Å². The molecule has 5 nitrogen and oxygen atoms in total. The van der Waals surface area contributed by atoms with Gasteiger partial charge in [-0.2, -0.15) is 0 Å². The molecule has 0 radical (unpaired) electrons. The summed E-state index contributed by atoms with van der Waals surface area (Å²) in [5, 5.41) is 9.66. The smallest absolute Gasteiger partial charge is 0.306 e. The van der Waals surface area contributed by atoms with Gasteiger partial charge < -0.3 is 19.5 Å². The highest BCUT2D eigenvalue weighted by Crippen LogP contribution is 2.49. The summed E-state index contributed by atoms with van der Waals surface area (Å²) in [5.74, 6) is 0.363. The van der Waals surface area contributed by atoms with Gasteiger partial charge in [0.25, 0.3) is 0 Å². The second-order valence-corrected chi connectivity index (χ2v) is 9.62. The zero-order valence-corrected chi connectivity index (χ0v) is 20.2. The lowest BCUT2D eigenvalue weighted by Gasteiger charge is -2.37. The van der Waals surface area contributed by atoms with E-state index in [1.807, 2.05) is 43.4 Å². The number of likely N-dealkylation sites (N-methyl/N-ethyl adjacent to an activating group) is 1. The van der Waals surface area contributed by atoms with Gasteiger partial charge in [-0.15, -0.1) is 0 Å². The lowest BCUT2D eigenvalue weighted by Crippen LogP contribution is -2.33. The number of hydrogen-bond acceptors (Lipinski definition) is 4. The first-order chi connectivity index (χ1) is 16.9. The summed E-state index contributed by atoms with van der Waals surface area (Å²) in [6, 6.07) is 18.7. The Morgan fingerprint density at radius 2 is 1.86 bits per heavy atom. The fourth-order valence-corrected chi connectivity index (χ4v) is 5.22. The first-order valence-corrected chi connectivity index (χ1v) is 12.0. The van der Waals surface area contributed by atoms with E-state index in [-0.39, 0.29) is 17.8 Å². The Labute approximate surface area is 205 Å². The predicted octanol–water partition coefficient (Wildman–Crippen LogP) is 6.29. The molecule has 1 saturated carbocycles. The molecule has 0 aromatic heterocycles. The number of fused-ring (bicyclic) bond motifs is 1. The molecule has 0 bridgehead atoms. The number of benzene rings is 3. The molecule has 0 spiro atoms. The van der Waals surface area contributed by atoms with Crippen LogP contribution in [0.2, 0.25) is 0 Å². The molecule has 1 fully saturated rings. The molecule has 3 aromatic rings. The van der Waals surface area contributed by atoms with Gasteiger partial charge in [-0.1, -0.05) is 37.3 Å². The van der Waals surface area contributed by atoms with Crippen LogP contribution in [0.15, 0.2) is 60.7 Å². The molecule has 5 rings (SSSR count). The van der Waals surface area contributed by atoms with Crippen LogP contribution >= 0.6 is 0 Å². The monoisotopic (exact) mass is 475 g/mol. The summed E-state index contributed by atoms with van der Waals surface area (Å²) in [6.07, 6.45) is 2.16. The minimum atomic E-state index is -0.755. The van der Waals surface area contributed by atoms with Gasteiger partial charge in [0.2, 0.25) is 0 Å². The number of anilines is 1. The number of ether oxygens (including phenoxy) is 2. The third-order valence-electron chi connectivity index (χ3n) is 7.45. The maximum absolute atomic E-state index is 14.4. The molecule has 1 aliphatic carbocycles. The van der Waals surface area contributed by atoms with Crippen molar-refractivity contribution < 1.29 is 23.8 Å². The highest BCUT2D eigenvalue weighted by Gasteiger charge is 2.39. The first kappa shape index (κ1) is 23.2. The number of rotatable bonds is 7. The van der Waals surface area contributed by atoms with Crippen LogP contribution in [0.25, 0.3) is 11.1 Å². The Balaban J connectivity index is 1.42. The number of carbonyl (C=O) groups is 1. The Bertz CT molecular complexity index is 1240. The highest BCUT2D eigenvalue weighted by molar-refractivity contribution is 5.72. The number of halogens is 1. The predicted molar refractivity (Wildman–Crippen MR) is 134 cm³/mol. The van der Waals surface area contributed by atoms with Gasteiger partial charge in [0.05, 0.1) is 24.8 Å². The maximum atomic E-state index is 14.4. The average molecular weight is 476 g/mol. The molecule has 3 aromatic carbocycles. The van der Waals surface area contributed by atoms with Gasteiger partial charge in [0.15, 0.2) is 0 Å². The number of hydrogen-bond donors (Lipinski definition) is 1. The number of carboxylic acid groups (broad SMARTS) is 1. The summed E-state index contributed by atoms with van der Waals surface area (Å²) < 4.78 is 25.8. The Morgan fingerprint density at radius 1 is 1.11 bits per heavy atom. The van der Waals surface area contributed by atoms with E-state index in [9.17, 15) is 14.3 Å². The van der Waals surface area contributed by atoms with Crippen molar-refractivity contribution in [1.82, 2.24) is 0 Å². The molecule has 1 aliphatic heterocycles. The second-order valence-electron chi connectivity index (χ2n) is 9.62. The minimum Gasteiger partial charge on any atom is -0.497 e. The number of nitrogens with zero attached hydrogens (tertiary/aromatic N) is 1. The SMILES string of the molecule is COc1ccc(F)c(-c2ccc(C3COc4ccc([C@H](C5CC5)[C@H](C)C(=O)O)cc4N3C)cc2)c1. The summed E-state index contributed by atoms with van der Waals surface area (Å²) in [4.78, 5) is 14.0. The fraction of sp³-hybridized carbons (Fsp3) is 0.345. The normalized spacial score (nSPS) is 18.9. The molecule has 3 atom stereocenters. The molecule has 2 aliphatic rings. The van der Waals surface area contributed by atoms with Crippen LogP contribution in [-0.2, 0) is 4.79 Å². The molecule has 1 N–H and O–H groups in total. The van der Waals surface area contributed by atoms with Crippen molar-refractivity contribution in [2.45, 2.75) is 31.7 Å². The first-order valence-electron chi connectivity index (χ1n) is 12.0. The van der Waals surface area contributed by atoms with Crippen LogP contribution in [0, 0.1) is 17.7 Å². The van der Waals surface area contributed by atoms with Crippen molar-refractivity contribution in [3.05, 3.63) is 77.6 Å². The summed E-state index contributed by atoms with van der Waals surface area (Å²) in [7, 11) is 3.61. The van der Waals surface area contributed by atoms with Crippen LogP contribution in [0.1, 0.15) is 42.9 Å². The fourth-order valence-electron chi connectivity index (χ4n) is 5.22. The van der Waals surface area contributed by atoms with E-state index in [2.05, 4.69) is 11.0 Å². The van der Waals surface area contributed by atoms with E-state index in [4.69, 9.17) is 9.47 Å². The van der Waals surface area contributed by atoms with E-state index >= 15 is 0 Å². The minimum absolute atomic E-state index is 0.00335. The third-order valence-corrected chi connectivity index (χ3v) is 7.45. The van der Waals surface area contributed by atoms with Crippen molar-refractivity contribution in [2.75, 3.05) is 25.7 Å². The lowest BCUT2D eigenvalue weighted by atomic mass is 9.83.